The first-order chi connectivity index (χ1) is 9.89. The van der Waals surface area contributed by atoms with Gasteiger partial charge in [-0.1, -0.05) is 6.07 Å². The molecule has 0 bridgehead atoms. The number of ether oxygens (including phenoxy) is 1. The van der Waals surface area contributed by atoms with Crippen LogP contribution in [0.4, 0.5) is 0 Å². The highest BCUT2D eigenvalue weighted by molar-refractivity contribution is 6.62. The number of hydrogen-bond donors (Lipinski definition) is 0. The SMILES string of the molecule is CC1(C)OB(c2ccc(C3CCCOC3)nc2)OC1(C)C. The van der Waals surface area contributed by atoms with Gasteiger partial charge >= 0.3 is 7.12 Å². The summed E-state index contributed by atoms with van der Waals surface area (Å²) < 4.78 is 17.6. The summed E-state index contributed by atoms with van der Waals surface area (Å²) in [4.78, 5) is 4.60. The number of rotatable bonds is 2. The second-order valence-electron chi connectivity index (χ2n) is 7.02. The average Bonchev–Trinajstić information content (AvgIpc) is 2.69. The fraction of sp³-hybridized carbons (Fsp3) is 0.688. The summed E-state index contributed by atoms with van der Waals surface area (Å²) in [5.74, 6) is 0.422. The van der Waals surface area contributed by atoms with Crippen molar-refractivity contribution in [3.8, 4) is 0 Å². The normalized spacial score (nSPS) is 27.8. The van der Waals surface area contributed by atoms with Crippen molar-refractivity contribution < 1.29 is 14.0 Å². The van der Waals surface area contributed by atoms with Gasteiger partial charge in [0.2, 0.25) is 0 Å². The Hall–Kier alpha value is -0.905. The summed E-state index contributed by atoms with van der Waals surface area (Å²) in [6, 6.07) is 4.15. The highest BCUT2D eigenvalue weighted by Crippen LogP contribution is 2.36. The van der Waals surface area contributed by atoms with Crippen LogP contribution in [-0.2, 0) is 14.0 Å². The molecule has 2 fully saturated rings. The maximum Gasteiger partial charge on any atom is 0.496 e. The number of nitrogens with zero attached hydrogens (tertiary/aromatic N) is 1. The summed E-state index contributed by atoms with van der Waals surface area (Å²) in [5.41, 5.74) is 1.46. The van der Waals surface area contributed by atoms with Crippen LogP contribution in [0.15, 0.2) is 18.3 Å². The fourth-order valence-electron chi connectivity index (χ4n) is 2.75. The van der Waals surface area contributed by atoms with Gasteiger partial charge in [-0.3, -0.25) is 4.98 Å². The largest absolute Gasteiger partial charge is 0.496 e. The molecule has 4 nitrogen and oxygen atoms in total. The minimum absolute atomic E-state index is 0.312. The van der Waals surface area contributed by atoms with Crippen LogP contribution >= 0.6 is 0 Å². The van der Waals surface area contributed by atoms with Gasteiger partial charge in [-0.15, -0.1) is 0 Å². The lowest BCUT2D eigenvalue weighted by molar-refractivity contribution is 0.00578. The molecule has 0 aromatic carbocycles. The Morgan fingerprint density at radius 1 is 1.14 bits per heavy atom. The first-order valence-corrected chi connectivity index (χ1v) is 7.78. The third-order valence-electron chi connectivity index (χ3n) is 4.91. The van der Waals surface area contributed by atoms with Gasteiger partial charge in [-0.25, -0.2) is 0 Å². The smallest absolute Gasteiger partial charge is 0.399 e. The van der Waals surface area contributed by atoms with E-state index in [9.17, 15) is 0 Å². The predicted molar refractivity (Wildman–Crippen MR) is 82.7 cm³/mol. The topological polar surface area (TPSA) is 40.6 Å². The molecule has 5 heteroatoms. The molecule has 1 unspecified atom stereocenters. The third-order valence-corrected chi connectivity index (χ3v) is 4.91. The van der Waals surface area contributed by atoms with Crippen LogP contribution in [0.3, 0.4) is 0 Å². The van der Waals surface area contributed by atoms with E-state index in [-0.39, 0.29) is 18.3 Å². The number of hydrogen-bond acceptors (Lipinski definition) is 4. The molecule has 2 aliphatic rings. The van der Waals surface area contributed by atoms with Gasteiger partial charge in [0.15, 0.2) is 0 Å². The van der Waals surface area contributed by atoms with Gasteiger partial charge in [0.1, 0.15) is 0 Å². The molecule has 0 N–H and O–H groups in total. The molecule has 1 atom stereocenters. The minimum atomic E-state index is -0.334. The lowest BCUT2D eigenvalue weighted by atomic mass is 9.80. The summed E-state index contributed by atoms with van der Waals surface area (Å²) in [5, 5.41) is 0. The van der Waals surface area contributed by atoms with Crippen LogP contribution in [0.5, 0.6) is 0 Å². The van der Waals surface area contributed by atoms with Crippen molar-refractivity contribution in [2.24, 2.45) is 0 Å². The fourth-order valence-corrected chi connectivity index (χ4v) is 2.75. The quantitative estimate of drug-likeness (QED) is 0.783. The van der Waals surface area contributed by atoms with Gasteiger partial charge in [0.25, 0.3) is 0 Å². The highest BCUT2D eigenvalue weighted by Gasteiger charge is 2.51. The van der Waals surface area contributed by atoms with Crippen LogP contribution < -0.4 is 5.46 Å². The van der Waals surface area contributed by atoms with Crippen LogP contribution in [0, 0.1) is 0 Å². The summed E-state index contributed by atoms with van der Waals surface area (Å²) in [7, 11) is -0.334. The lowest BCUT2D eigenvalue weighted by Gasteiger charge is -2.32. The van der Waals surface area contributed by atoms with Crippen molar-refractivity contribution in [2.45, 2.75) is 57.7 Å². The zero-order chi connectivity index (χ0) is 15.1. The summed E-state index contributed by atoms with van der Waals surface area (Å²) in [6.45, 7) is 9.91. The van der Waals surface area contributed by atoms with Gasteiger partial charge in [0.05, 0.1) is 17.8 Å². The number of aromatic nitrogens is 1. The Kier molecular flexibility index (Phi) is 3.84. The number of pyridine rings is 1. The van der Waals surface area contributed by atoms with Gasteiger partial charge < -0.3 is 14.0 Å². The molecule has 1 aromatic heterocycles. The summed E-state index contributed by atoms with van der Waals surface area (Å²) in [6.07, 6.45) is 4.15. The van der Waals surface area contributed by atoms with Crippen LogP contribution in [-0.4, -0.2) is 36.5 Å². The standard InChI is InChI=1S/C16H24BNO3/c1-15(2)16(3,4)21-17(20-15)13-7-8-14(18-10-13)12-6-5-9-19-11-12/h7-8,10,12H,5-6,9,11H2,1-4H3. The van der Waals surface area contributed by atoms with Crippen molar-refractivity contribution >= 4 is 12.6 Å². The third kappa shape index (κ3) is 2.87. The van der Waals surface area contributed by atoms with E-state index in [1.165, 1.54) is 0 Å². The Morgan fingerprint density at radius 3 is 2.38 bits per heavy atom. The molecule has 0 aliphatic carbocycles. The Labute approximate surface area is 127 Å². The molecule has 114 valence electrons. The van der Waals surface area contributed by atoms with Crippen molar-refractivity contribution in [1.29, 1.82) is 0 Å². The molecule has 3 rings (SSSR count). The molecular formula is C16H24BNO3. The van der Waals surface area contributed by atoms with E-state index in [1.54, 1.807) is 0 Å². The van der Waals surface area contributed by atoms with Gasteiger partial charge in [0, 0.05) is 29.9 Å². The van der Waals surface area contributed by atoms with E-state index in [2.05, 4.69) is 44.8 Å². The molecule has 0 radical (unpaired) electrons. The Balaban J connectivity index is 1.73. The summed E-state index contributed by atoms with van der Waals surface area (Å²) >= 11 is 0. The van der Waals surface area contributed by atoms with E-state index in [4.69, 9.17) is 14.0 Å². The molecule has 2 aliphatic heterocycles. The van der Waals surface area contributed by atoms with Crippen molar-refractivity contribution in [2.75, 3.05) is 13.2 Å². The lowest BCUT2D eigenvalue weighted by Crippen LogP contribution is -2.41. The first kappa shape index (κ1) is 15.0. The maximum absolute atomic E-state index is 6.05. The first-order valence-electron chi connectivity index (χ1n) is 7.78. The van der Waals surface area contributed by atoms with Crippen molar-refractivity contribution in [3.63, 3.8) is 0 Å². The second kappa shape index (κ2) is 5.38. The highest BCUT2D eigenvalue weighted by atomic mass is 16.7. The van der Waals surface area contributed by atoms with Crippen LogP contribution in [0.1, 0.15) is 52.1 Å². The van der Waals surface area contributed by atoms with Crippen molar-refractivity contribution in [3.05, 3.63) is 24.0 Å². The van der Waals surface area contributed by atoms with Gasteiger partial charge in [-0.2, -0.15) is 0 Å². The molecule has 0 spiro atoms. The van der Waals surface area contributed by atoms with E-state index in [0.29, 0.717) is 5.92 Å². The van der Waals surface area contributed by atoms with E-state index >= 15 is 0 Å². The van der Waals surface area contributed by atoms with Crippen LogP contribution in [0.2, 0.25) is 0 Å². The Bertz CT molecular complexity index is 479. The molecule has 1 aromatic rings. The second-order valence-corrected chi connectivity index (χ2v) is 7.02. The molecular weight excluding hydrogens is 265 g/mol. The maximum atomic E-state index is 6.05. The van der Waals surface area contributed by atoms with E-state index in [1.807, 2.05) is 6.20 Å². The molecule has 0 saturated carbocycles. The minimum Gasteiger partial charge on any atom is -0.399 e. The molecule has 21 heavy (non-hydrogen) atoms. The van der Waals surface area contributed by atoms with Crippen LogP contribution in [0.25, 0.3) is 0 Å². The zero-order valence-corrected chi connectivity index (χ0v) is 13.4. The monoisotopic (exact) mass is 289 g/mol. The predicted octanol–water partition coefficient (Wildman–Crippen LogP) is 2.27. The van der Waals surface area contributed by atoms with Gasteiger partial charge in [-0.05, 0) is 46.6 Å². The van der Waals surface area contributed by atoms with E-state index < -0.39 is 0 Å². The zero-order valence-electron chi connectivity index (χ0n) is 13.4. The molecule has 3 heterocycles. The van der Waals surface area contributed by atoms with E-state index in [0.717, 1.165) is 37.2 Å². The molecule has 2 saturated heterocycles. The molecule has 0 amide bonds. The average molecular weight is 289 g/mol. The van der Waals surface area contributed by atoms with Crippen molar-refractivity contribution in [1.82, 2.24) is 4.98 Å². The Morgan fingerprint density at radius 2 is 1.86 bits per heavy atom.